The number of fused-ring (bicyclic) bond motifs is 1. The second kappa shape index (κ2) is 5.64. The molecule has 1 aromatic heterocycles. The van der Waals surface area contributed by atoms with Gasteiger partial charge in [-0.25, -0.2) is 4.57 Å². The summed E-state index contributed by atoms with van der Waals surface area (Å²) >= 11 is 0. The molecular formula is C14H18NO2+. The zero-order valence-electron chi connectivity index (χ0n) is 10.3. The fourth-order valence-corrected chi connectivity index (χ4v) is 1.73. The van der Waals surface area contributed by atoms with Crippen molar-refractivity contribution in [3.63, 3.8) is 0 Å². The SMILES string of the molecule is CCOCCOc1ccc2c[n+](C)ccc2c1. The van der Waals surface area contributed by atoms with Gasteiger partial charge in [-0.2, -0.15) is 0 Å². The standard InChI is InChI=1S/C14H18NO2/c1-3-16-8-9-17-14-5-4-13-11-15(2)7-6-12(13)10-14/h4-7,10-11H,3,8-9H2,1-2H3/q+1. The lowest BCUT2D eigenvalue weighted by molar-refractivity contribution is -0.670. The summed E-state index contributed by atoms with van der Waals surface area (Å²) in [7, 11) is 2.02. The first-order valence-electron chi connectivity index (χ1n) is 5.89. The Labute approximate surface area is 102 Å². The fraction of sp³-hybridized carbons (Fsp3) is 0.357. The number of hydrogen-bond donors (Lipinski definition) is 0. The predicted octanol–water partition coefficient (Wildman–Crippen LogP) is 2.08. The third-order valence-electron chi connectivity index (χ3n) is 2.59. The van der Waals surface area contributed by atoms with Gasteiger partial charge in [0.15, 0.2) is 12.4 Å². The first kappa shape index (κ1) is 11.9. The van der Waals surface area contributed by atoms with E-state index in [0.717, 1.165) is 12.4 Å². The Morgan fingerprint density at radius 3 is 2.82 bits per heavy atom. The molecule has 0 amide bonds. The quantitative estimate of drug-likeness (QED) is 0.581. The van der Waals surface area contributed by atoms with Crippen LogP contribution in [-0.2, 0) is 11.8 Å². The maximum atomic E-state index is 5.61. The van der Waals surface area contributed by atoms with Gasteiger partial charge in [-0.3, -0.25) is 0 Å². The first-order chi connectivity index (χ1) is 8.29. The molecule has 2 aromatic rings. The van der Waals surface area contributed by atoms with Crippen LogP contribution in [0.4, 0.5) is 0 Å². The van der Waals surface area contributed by atoms with E-state index in [1.165, 1.54) is 10.8 Å². The van der Waals surface area contributed by atoms with Crippen LogP contribution in [0.3, 0.4) is 0 Å². The highest BCUT2D eigenvalue weighted by molar-refractivity contribution is 5.82. The van der Waals surface area contributed by atoms with E-state index in [4.69, 9.17) is 9.47 Å². The zero-order valence-corrected chi connectivity index (χ0v) is 10.3. The summed E-state index contributed by atoms with van der Waals surface area (Å²) in [5.74, 6) is 0.894. The van der Waals surface area contributed by atoms with Crippen LogP contribution >= 0.6 is 0 Å². The normalized spacial score (nSPS) is 10.7. The molecule has 0 N–H and O–H groups in total. The summed E-state index contributed by atoms with van der Waals surface area (Å²) in [5.41, 5.74) is 0. The Hall–Kier alpha value is -1.61. The molecule has 0 radical (unpaired) electrons. The molecular weight excluding hydrogens is 214 g/mol. The molecule has 3 nitrogen and oxygen atoms in total. The molecule has 0 bridgehead atoms. The van der Waals surface area contributed by atoms with E-state index in [1.54, 1.807) is 0 Å². The van der Waals surface area contributed by atoms with Crippen molar-refractivity contribution in [1.82, 2.24) is 0 Å². The predicted molar refractivity (Wildman–Crippen MR) is 67.1 cm³/mol. The average molecular weight is 232 g/mol. The van der Waals surface area contributed by atoms with Gasteiger partial charge in [0.25, 0.3) is 0 Å². The van der Waals surface area contributed by atoms with Crippen LogP contribution in [0.15, 0.2) is 36.7 Å². The average Bonchev–Trinajstić information content (AvgIpc) is 2.35. The number of rotatable bonds is 5. The third kappa shape index (κ3) is 3.17. The van der Waals surface area contributed by atoms with Gasteiger partial charge in [0.1, 0.15) is 19.4 Å². The Morgan fingerprint density at radius 1 is 1.12 bits per heavy atom. The summed E-state index contributed by atoms with van der Waals surface area (Å²) in [6.07, 6.45) is 4.13. The van der Waals surface area contributed by atoms with Crippen LogP contribution in [0.2, 0.25) is 0 Å². The highest BCUT2D eigenvalue weighted by atomic mass is 16.5. The van der Waals surface area contributed by atoms with Crippen molar-refractivity contribution in [2.75, 3.05) is 19.8 Å². The molecule has 0 saturated carbocycles. The van der Waals surface area contributed by atoms with Crippen LogP contribution in [0.5, 0.6) is 5.75 Å². The molecule has 90 valence electrons. The first-order valence-corrected chi connectivity index (χ1v) is 5.89. The lowest BCUT2D eigenvalue weighted by Gasteiger charge is -2.06. The molecule has 1 heterocycles. The van der Waals surface area contributed by atoms with E-state index in [-0.39, 0.29) is 0 Å². The topological polar surface area (TPSA) is 22.3 Å². The van der Waals surface area contributed by atoms with Crippen molar-refractivity contribution in [3.05, 3.63) is 36.7 Å². The highest BCUT2D eigenvalue weighted by Crippen LogP contribution is 2.19. The molecule has 2 rings (SSSR count). The zero-order chi connectivity index (χ0) is 12.1. The van der Waals surface area contributed by atoms with E-state index in [9.17, 15) is 0 Å². The maximum absolute atomic E-state index is 5.61. The number of ether oxygens (including phenoxy) is 2. The molecule has 0 aliphatic carbocycles. The van der Waals surface area contributed by atoms with E-state index in [0.29, 0.717) is 13.2 Å². The summed E-state index contributed by atoms with van der Waals surface area (Å²) in [6, 6.07) is 8.21. The molecule has 3 heteroatoms. The van der Waals surface area contributed by atoms with Crippen molar-refractivity contribution >= 4 is 10.8 Å². The number of benzene rings is 1. The number of aryl methyl sites for hydroxylation is 1. The Bertz CT molecular complexity index is 497. The van der Waals surface area contributed by atoms with Crippen molar-refractivity contribution in [3.8, 4) is 5.75 Å². The summed E-state index contributed by atoms with van der Waals surface area (Å²) in [6.45, 7) is 3.95. The summed E-state index contributed by atoms with van der Waals surface area (Å²) < 4.78 is 12.9. The fourth-order valence-electron chi connectivity index (χ4n) is 1.73. The van der Waals surface area contributed by atoms with E-state index >= 15 is 0 Å². The van der Waals surface area contributed by atoms with Gasteiger partial charge < -0.3 is 9.47 Å². The summed E-state index contributed by atoms with van der Waals surface area (Å²) in [4.78, 5) is 0. The van der Waals surface area contributed by atoms with Gasteiger partial charge in [-0.1, -0.05) is 0 Å². The Kier molecular flexibility index (Phi) is 3.94. The Balaban J connectivity index is 2.07. The number of hydrogen-bond acceptors (Lipinski definition) is 2. The van der Waals surface area contributed by atoms with Gasteiger partial charge in [0.05, 0.1) is 6.61 Å². The molecule has 0 fully saturated rings. The van der Waals surface area contributed by atoms with Crippen LogP contribution in [0, 0.1) is 0 Å². The Morgan fingerprint density at radius 2 is 2.00 bits per heavy atom. The van der Waals surface area contributed by atoms with Gasteiger partial charge in [0, 0.05) is 18.1 Å². The number of nitrogens with zero attached hydrogens (tertiary/aromatic N) is 1. The minimum atomic E-state index is 0.597. The maximum Gasteiger partial charge on any atom is 0.176 e. The van der Waals surface area contributed by atoms with Gasteiger partial charge in [-0.05, 0) is 30.5 Å². The van der Waals surface area contributed by atoms with Crippen LogP contribution < -0.4 is 9.30 Å². The second-order valence-electron chi connectivity index (χ2n) is 3.95. The van der Waals surface area contributed by atoms with Gasteiger partial charge in [-0.15, -0.1) is 0 Å². The molecule has 0 unspecified atom stereocenters. The van der Waals surface area contributed by atoms with Gasteiger partial charge in [0.2, 0.25) is 0 Å². The molecule has 0 aliphatic heterocycles. The molecule has 1 aromatic carbocycles. The third-order valence-corrected chi connectivity index (χ3v) is 2.59. The monoisotopic (exact) mass is 232 g/mol. The molecule has 17 heavy (non-hydrogen) atoms. The van der Waals surface area contributed by atoms with E-state index in [2.05, 4.69) is 24.4 Å². The number of pyridine rings is 1. The van der Waals surface area contributed by atoms with Crippen molar-refractivity contribution in [2.45, 2.75) is 6.92 Å². The van der Waals surface area contributed by atoms with Crippen LogP contribution in [0.1, 0.15) is 6.92 Å². The van der Waals surface area contributed by atoms with Crippen molar-refractivity contribution < 1.29 is 14.0 Å². The largest absolute Gasteiger partial charge is 0.491 e. The lowest BCUT2D eigenvalue weighted by atomic mass is 10.2. The van der Waals surface area contributed by atoms with Crippen LogP contribution in [0.25, 0.3) is 10.8 Å². The highest BCUT2D eigenvalue weighted by Gasteiger charge is 2.01. The number of aromatic nitrogens is 1. The lowest BCUT2D eigenvalue weighted by Crippen LogP contribution is -2.25. The van der Waals surface area contributed by atoms with Gasteiger partial charge >= 0.3 is 0 Å². The molecule has 0 spiro atoms. The minimum absolute atomic E-state index is 0.597. The molecule has 0 saturated heterocycles. The summed E-state index contributed by atoms with van der Waals surface area (Å²) in [5, 5.41) is 2.41. The van der Waals surface area contributed by atoms with Crippen LogP contribution in [-0.4, -0.2) is 19.8 Å². The smallest absolute Gasteiger partial charge is 0.176 e. The second-order valence-corrected chi connectivity index (χ2v) is 3.95. The van der Waals surface area contributed by atoms with E-state index in [1.807, 2.05) is 30.8 Å². The molecule has 0 aliphatic rings. The van der Waals surface area contributed by atoms with E-state index < -0.39 is 0 Å². The molecule has 0 atom stereocenters. The van der Waals surface area contributed by atoms with Crippen molar-refractivity contribution in [2.24, 2.45) is 7.05 Å². The van der Waals surface area contributed by atoms with Crippen molar-refractivity contribution in [1.29, 1.82) is 0 Å². The minimum Gasteiger partial charge on any atom is -0.491 e.